The van der Waals surface area contributed by atoms with E-state index >= 15 is 0 Å². The van der Waals surface area contributed by atoms with Gasteiger partial charge in [0.15, 0.2) is 11.0 Å². The third kappa shape index (κ3) is 5.00. The summed E-state index contributed by atoms with van der Waals surface area (Å²) >= 11 is 7.71. The number of aromatic nitrogens is 3. The molecule has 0 aliphatic rings. The first kappa shape index (κ1) is 21.2. The van der Waals surface area contributed by atoms with E-state index < -0.39 is 0 Å². The fourth-order valence-electron chi connectivity index (χ4n) is 3.13. The van der Waals surface area contributed by atoms with Crippen molar-refractivity contribution in [2.24, 2.45) is 0 Å². The molecule has 0 fully saturated rings. The van der Waals surface area contributed by atoms with Crippen LogP contribution in [0.2, 0.25) is 5.02 Å². The number of thioether (sulfide) groups is 1. The van der Waals surface area contributed by atoms with E-state index in [1.807, 2.05) is 73.0 Å². The van der Waals surface area contributed by atoms with Crippen molar-refractivity contribution in [3.05, 3.63) is 82.8 Å². The monoisotopic (exact) mass is 452 g/mol. The maximum absolute atomic E-state index is 12.6. The van der Waals surface area contributed by atoms with Crippen LogP contribution in [0.25, 0.3) is 11.4 Å². The minimum atomic E-state index is -0.106. The third-order valence-corrected chi connectivity index (χ3v) is 6.02. The molecule has 4 rings (SSSR count). The lowest BCUT2D eigenvalue weighted by atomic mass is 10.1. The fourth-order valence-corrected chi connectivity index (χ4v) is 4.08. The largest absolute Gasteiger partial charge is 0.467 e. The number of anilines is 1. The van der Waals surface area contributed by atoms with E-state index in [2.05, 4.69) is 15.5 Å². The molecule has 0 bridgehead atoms. The zero-order valence-corrected chi connectivity index (χ0v) is 18.7. The Morgan fingerprint density at radius 1 is 1.13 bits per heavy atom. The summed E-state index contributed by atoms with van der Waals surface area (Å²) in [4.78, 5) is 12.6. The minimum absolute atomic E-state index is 0.106. The highest BCUT2D eigenvalue weighted by Gasteiger charge is 2.18. The van der Waals surface area contributed by atoms with Crippen LogP contribution in [0.4, 0.5) is 5.69 Å². The van der Waals surface area contributed by atoms with Crippen LogP contribution in [-0.2, 0) is 11.3 Å². The van der Waals surface area contributed by atoms with Crippen LogP contribution in [0.15, 0.2) is 70.4 Å². The van der Waals surface area contributed by atoms with Crippen molar-refractivity contribution >= 4 is 35.0 Å². The fraction of sp³-hybridized carbons (Fsp3) is 0.174. The van der Waals surface area contributed by atoms with Gasteiger partial charge in [-0.15, -0.1) is 10.2 Å². The number of hydrogen-bond acceptors (Lipinski definition) is 5. The average Bonchev–Trinajstić information content (AvgIpc) is 3.40. The van der Waals surface area contributed by atoms with Crippen LogP contribution >= 0.6 is 23.4 Å². The van der Waals surface area contributed by atoms with Gasteiger partial charge < -0.3 is 9.73 Å². The molecule has 8 heteroatoms. The van der Waals surface area contributed by atoms with Gasteiger partial charge in [0.25, 0.3) is 0 Å². The first-order valence-electron chi connectivity index (χ1n) is 9.71. The van der Waals surface area contributed by atoms with Gasteiger partial charge in [-0.3, -0.25) is 9.36 Å². The molecule has 31 heavy (non-hydrogen) atoms. The zero-order valence-electron chi connectivity index (χ0n) is 17.1. The number of carbonyl (C=O) groups excluding carboxylic acids is 1. The molecule has 0 saturated heterocycles. The summed E-state index contributed by atoms with van der Waals surface area (Å²) in [7, 11) is 0. The van der Waals surface area contributed by atoms with Gasteiger partial charge in [-0.2, -0.15) is 0 Å². The second-order valence-electron chi connectivity index (χ2n) is 7.11. The Morgan fingerprint density at radius 2 is 1.97 bits per heavy atom. The van der Waals surface area contributed by atoms with Crippen LogP contribution in [0.5, 0.6) is 0 Å². The highest BCUT2D eigenvalue weighted by atomic mass is 35.5. The van der Waals surface area contributed by atoms with E-state index in [-0.39, 0.29) is 11.7 Å². The van der Waals surface area contributed by atoms with Gasteiger partial charge in [-0.1, -0.05) is 47.6 Å². The summed E-state index contributed by atoms with van der Waals surface area (Å²) < 4.78 is 7.43. The highest BCUT2D eigenvalue weighted by molar-refractivity contribution is 7.99. The summed E-state index contributed by atoms with van der Waals surface area (Å²) in [6.45, 7) is 4.40. The van der Waals surface area contributed by atoms with Crippen molar-refractivity contribution in [3.63, 3.8) is 0 Å². The van der Waals surface area contributed by atoms with Gasteiger partial charge in [-0.25, -0.2) is 0 Å². The van der Waals surface area contributed by atoms with Crippen LogP contribution in [0, 0.1) is 13.8 Å². The van der Waals surface area contributed by atoms with E-state index in [1.165, 1.54) is 11.8 Å². The highest BCUT2D eigenvalue weighted by Crippen LogP contribution is 2.30. The van der Waals surface area contributed by atoms with Gasteiger partial charge in [0, 0.05) is 11.3 Å². The van der Waals surface area contributed by atoms with Gasteiger partial charge in [-0.05, 0) is 55.3 Å². The molecule has 2 aromatic carbocycles. The van der Waals surface area contributed by atoms with E-state index in [0.717, 1.165) is 28.1 Å². The molecule has 158 valence electrons. The third-order valence-electron chi connectivity index (χ3n) is 4.73. The molecule has 0 spiro atoms. The topological polar surface area (TPSA) is 73.0 Å². The zero-order chi connectivity index (χ0) is 21.8. The van der Waals surface area contributed by atoms with E-state index in [1.54, 1.807) is 6.26 Å². The molecule has 2 aromatic heterocycles. The van der Waals surface area contributed by atoms with Crippen molar-refractivity contribution in [2.45, 2.75) is 25.5 Å². The van der Waals surface area contributed by atoms with E-state index in [0.29, 0.717) is 22.5 Å². The van der Waals surface area contributed by atoms with Gasteiger partial charge >= 0.3 is 0 Å². The van der Waals surface area contributed by atoms with E-state index in [4.69, 9.17) is 16.0 Å². The Balaban J connectivity index is 1.55. The maximum Gasteiger partial charge on any atom is 0.234 e. The number of benzene rings is 2. The van der Waals surface area contributed by atoms with Crippen LogP contribution in [0.3, 0.4) is 0 Å². The Morgan fingerprint density at radius 3 is 2.74 bits per heavy atom. The van der Waals surface area contributed by atoms with Gasteiger partial charge in [0.1, 0.15) is 5.76 Å². The SMILES string of the molecule is Cc1ccc(C)c(NC(=O)CSc2nnc(-c3ccccc3Cl)n2Cc2ccco2)c1. The number of carbonyl (C=O) groups is 1. The quantitative estimate of drug-likeness (QED) is 0.370. The smallest absolute Gasteiger partial charge is 0.234 e. The van der Waals surface area contributed by atoms with E-state index in [9.17, 15) is 4.79 Å². The lowest BCUT2D eigenvalue weighted by Gasteiger charge is -2.11. The number of rotatable bonds is 7. The second-order valence-corrected chi connectivity index (χ2v) is 8.46. The van der Waals surface area contributed by atoms with Crippen molar-refractivity contribution in [2.75, 3.05) is 11.1 Å². The molecular formula is C23H21ClN4O2S. The summed E-state index contributed by atoms with van der Waals surface area (Å²) in [5, 5.41) is 12.8. The number of hydrogen-bond donors (Lipinski definition) is 1. The Labute approximate surface area is 189 Å². The lowest BCUT2D eigenvalue weighted by Crippen LogP contribution is -2.15. The summed E-state index contributed by atoms with van der Waals surface area (Å²) in [5.74, 6) is 1.48. The molecule has 6 nitrogen and oxygen atoms in total. The normalized spacial score (nSPS) is 10.9. The number of aryl methyl sites for hydroxylation is 2. The van der Waals surface area contributed by atoms with Crippen molar-refractivity contribution < 1.29 is 9.21 Å². The second kappa shape index (κ2) is 9.41. The molecule has 1 N–H and O–H groups in total. The molecule has 0 atom stereocenters. The summed E-state index contributed by atoms with van der Waals surface area (Å²) in [5.41, 5.74) is 3.70. The molecular weight excluding hydrogens is 432 g/mol. The molecule has 0 aliphatic heterocycles. The molecule has 0 aliphatic carbocycles. The number of nitrogens with one attached hydrogen (secondary N) is 1. The Hall–Kier alpha value is -3.03. The Kier molecular flexibility index (Phi) is 6.44. The van der Waals surface area contributed by atoms with Crippen LogP contribution < -0.4 is 5.32 Å². The summed E-state index contributed by atoms with van der Waals surface area (Å²) in [6.07, 6.45) is 1.62. The molecule has 1 amide bonds. The number of furan rings is 1. The molecule has 0 saturated carbocycles. The van der Waals surface area contributed by atoms with Crippen LogP contribution in [-0.4, -0.2) is 26.4 Å². The number of halogens is 1. The molecule has 4 aromatic rings. The predicted molar refractivity (Wildman–Crippen MR) is 124 cm³/mol. The molecule has 0 radical (unpaired) electrons. The van der Waals surface area contributed by atoms with Crippen molar-refractivity contribution in [3.8, 4) is 11.4 Å². The van der Waals surface area contributed by atoms with Gasteiger partial charge in [0.05, 0.1) is 23.6 Å². The van der Waals surface area contributed by atoms with Crippen molar-refractivity contribution in [1.82, 2.24) is 14.8 Å². The first-order valence-corrected chi connectivity index (χ1v) is 11.1. The van der Waals surface area contributed by atoms with Gasteiger partial charge in [0.2, 0.25) is 5.91 Å². The number of nitrogens with zero attached hydrogens (tertiary/aromatic N) is 3. The predicted octanol–water partition coefficient (Wildman–Crippen LogP) is 5.59. The minimum Gasteiger partial charge on any atom is -0.467 e. The molecule has 0 unspecified atom stereocenters. The summed E-state index contributed by atoms with van der Waals surface area (Å²) in [6, 6.07) is 17.2. The number of amides is 1. The van der Waals surface area contributed by atoms with Crippen LogP contribution in [0.1, 0.15) is 16.9 Å². The lowest BCUT2D eigenvalue weighted by molar-refractivity contribution is -0.113. The average molecular weight is 453 g/mol. The Bertz CT molecular complexity index is 1200. The maximum atomic E-state index is 12.6. The first-order chi connectivity index (χ1) is 15.0. The van der Waals surface area contributed by atoms with Crippen molar-refractivity contribution in [1.29, 1.82) is 0 Å². The molecule has 2 heterocycles. The standard InChI is InChI=1S/C23H21ClN4O2S/c1-15-9-10-16(2)20(12-15)25-21(29)14-31-23-27-26-22(18-7-3-4-8-19(18)24)28(23)13-17-6-5-11-30-17/h3-12H,13-14H2,1-2H3,(H,25,29).